The second-order valence-electron chi connectivity index (χ2n) is 5.47. The third kappa shape index (κ3) is 4.93. The molecule has 21 heavy (non-hydrogen) atoms. The third-order valence-electron chi connectivity index (χ3n) is 3.74. The molecule has 0 saturated carbocycles. The van der Waals surface area contributed by atoms with Crippen LogP contribution in [0.1, 0.15) is 19.3 Å². The molecule has 5 nitrogen and oxygen atoms in total. The van der Waals surface area contributed by atoms with E-state index in [9.17, 15) is 4.79 Å². The molecule has 1 heterocycles. The minimum atomic E-state index is 0.159. The van der Waals surface area contributed by atoms with E-state index < -0.39 is 0 Å². The second kappa shape index (κ2) is 7.88. The zero-order valence-corrected chi connectivity index (χ0v) is 12.6. The van der Waals surface area contributed by atoms with E-state index in [1.54, 1.807) is 19.2 Å². The maximum absolute atomic E-state index is 12.2. The number of carbonyl (C=O) groups excluding carboxylic acids is 1. The SMILES string of the molecule is COCC1CCCN(C(=O)CCOc2ccc(N)cc2)C1. The Bertz CT molecular complexity index is 445. The molecule has 0 spiro atoms. The van der Waals surface area contributed by atoms with Crippen molar-refractivity contribution in [1.82, 2.24) is 4.90 Å². The van der Waals surface area contributed by atoms with Crippen LogP contribution in [0.15, 0.2) is 24.3 Å². The lowest BCUT2D eigenvalue weighted by atomic mass is 9.99. The number of nitrogens with zero attached hydrogens (tertiary/aromatic N) is 1. The molecule has 1 atom stereocenters. The number of benzene rings is 1. The molecule has 1 saturated heterocycles. The highest BCUT2D eigenvalue weighted by Gasteiger charge is 2.23. The number of carbonyl (C=O) groups is 1. The number of piperidine rings is 1. The van der Waals surface area contributed by atoms with Gasteiger partial charge < -0.3 is 20.1 Å². The first-order valence-electron chi connectivity index (χ1n) is 7.44. The Hall–Kier alpha value is -1.75. The summed E-state index contributed by atoms with van der Waals surface area (Å²) < 4.78 is 10.8. The Balaban J connectivity index is 1.72. The van der Waals surface area contributed by atoms with Gasteiger partial charge >= 0.3 is 0 Å². The molecule has 2 N–H and O–H groups in total. The predicted molar refractivity (Wildman–Crippen MR) is 82.1 cm³/mol. The molecule has 0 aliphatic carbocycles. The summed E-state index contributed by atoms with van der Waals surface area (Å²) in [4.78, 5) is 14.1. The van der Waals surface area contributed by atoms with Crippen molar-refractivity contribution in [2.24, 2.45) is 5.92 Å². The van der Waals surface area contributed by atoms with E-state index in [1.807, 2.05) is 17.0 Å². The zero-order valence-electron chi connectivity index (χ0n) is 12.6. The van der Waals surface area contributed by atoms with E-state index in [-0.39, 0.29) is 5.91 Å². The molecule has 5 heteroatoms. The van der Waals surface area contributed by atoms with E-state index in [0.717, 1.165) is 38.3 Å². The predicted octanol–water partition coefficient (Wildman–Crippen LogP) is 1.92. The van der Waals surface area contributed by atoms with Gasteiger partial charge in [-0.3, -0.25) is 4.79 Å². The Morgan fingerprint density at radius 3 is 2.86 bits per heavy atom. The molecular weight excluding hydrogens is 268 g/mol. The molecule has 2 rings (SSSR count). The maximum atomic E-state index is 12.2. The molecule has 1 amide bonds. The van der Waals surface area contributed by atoms with Crippen molar-refractivity contribution in [3.05, 3.63) is 24.3 Å². The van der Waals surface area contributed by atoms with Gasteiger partial charge in [0, 0.05) is 25.9 Å². The Morgan fingerprint density at radius 2 is 2.14 bits per heavy atom. The summed E-state index contributed by atoms with van der Waals surface area (Å²) >= 11 is 0. The van der Waals surface area contributed by atoms with Crippen molar-refractivity contribution in [3.63, 3.8) is 0 Å². The van der Waals surface area contributed by atoms with Crippen LogP contribution < -0.4 is 10.5 Å². The lowest BCUT2D eigenvalue weighted by Crippen LogP contribution is -2.41. The maximum Gasteiger partial charge on any atom is 0.226 e. The molecular formula is C16H24N2O3. The van der Waals surface area contributed by atoms with Crippen molar-refractivity contribution < 1.29 is 14.3 Å². The average molecular weight is 292 g/mol. The van der Waals surface area contributed by atoms with Gasteiger partial charge in [-0.05, 0) is 43.0 Å². The number of anilines is 1. The number of methoxy groups -OCH3 is 1. The number of nitrogens with two attached hydrogens (primary N) is 1. The fourth-order valence-electron chi connectivity index (χ4n) is 2.64. The molecule has 0 radical (unpaired) electrons. The quantitative estimate of drug-likeness (QED) is 0.814. The standard InChI is InChI=1S/C16H24N2O3/c1-20-12-13-3-2-9-18(11-13)16(19)8-10-21-15-6-4-14(17)5-7-15/h4-7,13H,2-3,8-12,17H2,1H3. The fraction of sp³-hybridized carbons (Fsp3) is 0.562. The molecule has 1 aliphatic heterocycles. The van der Waals surface area contributed by atoms with Crippen molar-refractivity contribution in [2.75, 3.05) is 39.1 Å². The normalized spacial score (nSPS) is 18.5. The fourth-order valence-corrected chi connectivity index (χ4v) is 2.64. The highest BCUT2D eigenvalue weighted by Crippen LogP contribution is 2.18. The van der Waals surface area contributed by atoms with Gasteiger partial charge in [0.15, 0.2) is 0 Å². The monoisotopic (exact) mass is 292 g/mol. The molecule has 1 unspecified atom stereocenters. The average Bonchev–Trinajstić information content (AvgIpc) is 2.50. The van der Waals surface area contributed by atoms with Crippen molar-refractivity contribution >= 4 is 11.6 Å². The molecule has 1 aromatic rings. The topological polar surface area (TPSA) is 64.8 Å². The number of amides is 1. The summed E-state index contributed by atoms with van der Waals surface area (Å²) in [6.45, 7) is 2.77. The van der Waals surface area contributed by atoms with Crippen LogP contribution in [0.5, 0.6) is 5.75 Å². The van der Waals surface area contributed by atoms with Crippen LogP contribution in [0.2, 0.25) is 0 Å². The summed E-state index contributed by atoms with van der Waals surface area (Å²) in [6, 6.07) is 7.21. The minimum absolute atomic E-state index is 0.159. The first kappa shape index (κ1) is 15.6. The largest absolute Gasteiger partial charge is 0.493 e. The third-order valence-corrected chi connectivity index (χ3v) is 3.74. The molecule has 1 aliphatic rings. The van der Waals surface area contributed by atoms with Gasteiger partial charge in [0.25, 0.3) is 0 Å². The highest BCUT2D eigenvalue weighted by molar-refractivity contribution is 5.76. The smallest absolute Gasteiger partial charge is 0.226 e. The number of nitrogen functional groups attached to an aromatic ring is 1. The zero-order chi connectivity index (χ0) is 15.1. The minimum Gasteiger partial charge on any atom is -0.493 e. The Morgan fingerprint density at radius 1 is 1.38 bits per heavy atom. The van der Waals surface area contributed by atoms with Gasteiger partial charge in [-0.2, -0.15) is 0 Å². The Labute approximate surface area is 126 Å². The van der Waals surface area contributed by atoms with E-state index in [1.165, 1.54) is 0 Å². The highest BCUT2D eigenvalue weighted by atomic mass is 16.5. The van der Waals surface area contributed by atoms with E-state index in [4.69, 9.17) is 15.2 Å². The second-order valence-corrected chi connectivity index (χ2v) is 5.47. The molecule has 1 fully saturated rings. The number of rotatable bonds is 6. The van der Waals surface area contributed by atoms with Crippen LogP contribution in [0, 0.1) is 5.92 Å². The van der Waals surface area contributed by atoms with Gasteiger partial charge in [-0.1, -0.05) is 0 Å². The number of likely N-dealkylation sites (tertiary alicyclic amines) is 1. The Kier molecular flexibility index (Phi) is 5.87. The van der Waals surface area contributed by atoms with Crippen LogP contribution in [0.3, 0.4) is 0 Å². The van der Waals surface area contributed by atoms with Crippen LogP contribution in [0.4, 0.5) is 5.69 Å². The van der Waals surface area contributed by atoms with E-state index in [0.29, 0.717) is 24.6 Å². The first-order valence-corrected chi connectivity index (χ1v) is 7.44. The lowest BCUT2D eigenvalue weighted by molar-refractivity contribution is -0.133. The molecule has 116 valence electrons. The van der Waals surface area contributed by atoms with Gasteiger partial charge in [-0.15, -0.1) is 0 Å². The van der Waals surface area contributed by atoms with Crippen molar-refractivity contribution in [1.29, 1.82) is 0 Å². The van der Waals surface area contributed by atoms with Gasteiger partial charge in [-0.25, -0.2) is 0 Å². The van der Waals surface area contributed by atoms with Crippen LogP contribution in [0.25, 0.3) is 0 Å². The van der Waals surface area contributed by atoms with Crippen LogP contribution in [-0.4, -0.2) is 44.2 Å². The number of hydrogen-bond donors (Lipinski definition) is 1. The molecule has 1 aromatic carbocycles. The summed E-state index contributed by atoms with van der Waals surface area (Å²) in [7, 11) is 1.71. The van der Waals surface area contributed by atoms with E-state index >= 15 is 0 Å². The summed E-state index contributed by atoms with van der Waals surface area (Å²) in [5.74, 6) is 1.37. The number of ether oxygens (including phenoxy) is 2. The molecule has 0 aromatic heterocycles. The first-order chi connectivity index (χ1) is 10.2. The molecule has 0 bridgehead atoms. The van der Waals surface area contributed by atoms with Crippen molar-refractivity contribution in [2.45, 2.75) is 19.3 Å². The van der Waals surface area contributed by atoms with Gasteiger partial charge in [0.05, 0.1) is 19.6 Å². The van der Waals surface area contributed by atoms with E-state index in [2.05, 4.69) is 0 Å². The van der Waals surface area contributed by atoms with Crippen LogP contribution >= 0.6 is 0 Å². The van der Waals surface area contributed by atoms with Gasteiger partial charge in [0.1, 0.15) is 5.75 Å². The van der Waals surface area contributed by atoms with Gasteiger partial charge in [0.2, 0.25) is 5.91 Å². The lowest BCUT2D eigenvalue weighted by Gasteiger charge is -2.32. The number of hydrogen-bond acceptors (Lipinski definition) is 4. The summed E-state index contributed by atoms with van der Waals surface area (Å²) in [5, 5.41) is 0. The van der Waals surface area contributed by atoms with Crippen LogP contribution in [-0.2, 0) is 9.53 Å². The van der Waals surface area contributed by atoms with Crippen molar-refractivity contribution in [3.8, 4) is 5.75 Å². The summed E-state index contributed by atoms with van der Waals surface area (Å²) in [5.41, 5.74) is 6.32. The summed E-state index contributed by atoms with van der Waals surface area (Å²) in [6.07, 6.45) is 2.60.